The smallest absolute Gasteiger partial charge is 0.187 e. The summed E-state index contributed by atoms with van der Waals surface area (Å²) in [6, 6.07) is 16.6. The Morgan fingerprint density at radius 2 is 1.78 bits per heavy atom. The zero-order valence-corrected chi connectivity index (χ0v) is 20.9. The molecule has 5 aromatic rings. The normalized spacial score (nSPS) is 16.9. The molecule has 3 aromatic heterocycles. The fourth-order valence-electron chi connectivity index (χ4n) is 5.61. The zero-order chi connectivity index (χ0) is 24.6. The van der Waals surface area contributed by atoms with Crippen molar-refractivity contribution >= 4 is 27.5 Å². The summed E-state index contributed by atoms with van der Waals surface area (Å²) >= 11 is 0. The van der Waals surface area contributed by atoms with E-state index < -0.39 is 0 Å². The van der Waals surface area contributed by atoms with Gasteiger partial charge in [0.2, 0.25) is 0 Å². The van der Waals surface area contributed by atoms with Crippen molar-refractivity contribution in [3.63, 3.8) is 0 Å². The van der Waals surface area contributed by atoms with Crippen LogP contribution < -0.4 is 0 Å². The number of fused-ring (bicyclic) bond motifs is 2. The molecule has 0 aliphatic carbocycles. The van der Waals surface area contributed by atoms with E-state index in [4.69, 9.17) is 11.6 Å². The van der Waals surface area contributed by atoms with Crippen molar-refractivity contribution in [2.45, 2.75) is 25.8 Å². The molecule has 0 bridgehead atoms. The van der Waals surface area contributed by atoms with Gasteiger partial charge in [0, 0.05) is 41.7 Å². The number of likely N-dealkylation sites (tertiary alicyclic amines) is 1. The van der Waals surface area contributed by atoms with Crippen LogP contribution in [0.4, 0.5) is 5.69 Å². The van der Waals surface area contributed by atoms with E-state index in [1.165, 1.54) is 43.3 Å². The minimum atomic E-state index is 0.646. The van der Waals surface area contributed by atoms with Crippen molar-refractivity contribution in [1.82, 2.24) is 24.2 Å². The molecule has 6 rings (SSSR count). The first kappa shape index (κ1) is 22.5. The lowest BCUT2D eigenvalue weighted by atomic mass is 9.95. The van der Waals surface area contributed by atoms with Crippen LogP contribution in [0.2, 0.25) is 0 Å². The number of nitrogens with zero attached hydrogens (tertiary/aromatic N) is 6. The van der Waals surface area contributed by atoms with E-state index in [1.807, 2.05) is 36.3 Å². The maximum Gasteiger partial charge on any atom is 0.187 e. The van der Waals surface area contributed by atoms with Gasteiger partial charge in [0.1, 0.15) is 0 Å². The Balaban J connectivity index is 1.48. The molecule has 1 fully saturated rings. The first-order valence-electron chi connectivity index (χ1n) is 12.7. The average molecular weight is 475 g/mol. The van der Waals surface area contributed by atoms with Crippen molar-refractivity contribution in [2.75, 3.05) is 20.1 Å². The lowest BCUT2D eigenvalue weighted by Gasteiger charge is -2.17. The van der Waals surface area contributed by atoms with Crippen molar-refractivity contribution in [3.05, 3.63) is 78.5 Å². The van der Waals surface area contributed by atoms with Crippen LogP contribution in [-0.2, 0) is 13.6 Å². The summed E-state index contributed by atoms with van der Waals surface area (Å²) in [4.78, 5) is 11.1. The van der Waals surface area contributed by atoms with Gasteiger partial charge in [-0.2, -0.15) is 5.10 Å². The van der Waals surface area contributed by atoms with Gasteiger partial charge < -0.3 is 9.47 Å². The average Bonchev–Trinajstić information content (AvgIpc) is 3.42. The minimum absolute atomic E-state index is 0.646. The minimum Gasteiger partial charge on any atom is -0.346 e. The molecule has 0 radical (unpaired) electrons. The lowest BCUT2D eigenvalue weighted by Crippen LogP contribution is -2.19. The summed E-state index contributed by atoms with van der Waals surface area (Å²) in [7, 11) is 4.19. The SMILES string of the molecule is [C-]#[N+]c1ccc(-c2c(-c3ccc4c(cnn4C)c3)ncc3c2ccn3CC2CCCN(C)CC2)cc1. The van der Waals surface area contributed by atoms with Crippen LogP contribution in [0.15, 0.2) is 67.1 Å². The van der Waals surface area contributed by atoms with E-state index in [0.717, 1.165) is 39.8 Å². The Hall–Kier alpha value is -3.95. The fourth-order valence-corrected chi connectivity index (χ4v) is 5.61. The molecule has 0 saturated carbocycles. The number of rotatable bonds is 4. The molecule has 4 heterocycles. The summed E-state index contributed by atoms with van der Waals surface area (Å²) < 4.78 is 4.29. The number of pyridine rings is 1. The molecular formula is C30H30N6. The summed E-state index contributed by atoms with van der Waals surface area (Å²) in [5, 5.41) is 6.71. The van der Waals surface area contributed by atoms with Crippen LogP contribution in [0.25, 0.3) is 49.0 Å². The van der Waals surface area contributed by atoms with Crippen molar-refractivity contribution in [1.29, 1.82) is 0 Å². The van der Waals surface area contributed by atoms with Gasteiger partial charge in [0.15, 0.2) is 5.69 Å². The zero-order valence-electron chi connectivity index (χ0n) is 20.9. The summed E-state index contributed by atoms with van der Waals surface area (Å²) in [5.74, 6) is 0.680. The molecule has 0 spiro atoms. The second-order valence-electron chi connectivity index (χ2n) is 10.0. The first-order chi connectivity index (χ1) is 17.6. The van der Waals surface area contributed by atoms with Crippen LogP contribution in [0, 0.1) is 12.5 Å². The number of benzene rings is 2. The second-order valence-corrected chi connectivity index (χ2v) is 10.0. The van der Waals surface area contributed by atoms with E-state index in [9.17, 15) is 0 Å². The van der Waals surface area contributed by atoms with Gasteiger partial charge in [-0.1, -0.05) is 30.3 Å². The molecule has 1 saturated heterocycles. The molecule has 0 N–H and O–H groups in total. The van der Waals surface area contributed by atoms with Gasteiger partial charge in [-0.25, -0.2) is 4.85 Å². The van der Waals surface area contributed by atoms with Crippen molar-refractivity contribution < 1.29 is 0 Å². The molecule has 180 valence electrons. The molecule has 1 aliphatic heterocycles. The maximum atomic E-state index is 7.36. The Morgan fingerprint density at radius 3 is 2.61 bits per heavy atom. The predicted molar refractivity (Wildman–Crippen MR) is 146 cm³/mol. The van der Waals surface area contributed by atoms with Crippen molar-refractivity contribution in [2.24, 2.45) is 13.0 Å². The van der Waals surface area contributed by atoms with Gasteiger partial charge in [-0.3, -0.25) is 9.67 Å². The first-order valence-corrected chi connectivity index (χ1v) is 12.7. The third-order valence-electron chi connectivity index (χ3n) is 7.66. The summed E-state index contributed by atoms with van der Waals surface area (Å²) in [5.41, 5.74) is 7.14. The van der Waals surface area contributed by atoms with Crippen LogP contribution in [0.3, 0.4) is 0 Å². The molecule has 1 atom stereocenters. The van der Waals surface area contributed by atoms with Crippen LogP contribution in [0.5, 0.6) is 0 Å². The van der Waals surface area contributed by atoms with Crippen LogP contribution in [-0.4, -0.2) is 44.4 Å². The topological polar surface area (TPSA) is 43.2 Å². The summed E-state index contributed by atoms with van der Waals surface area (Å²) in [6.07, 6.45) is 9.94. The third kappa shape index (κ3) is 4.06. The van der Waals surface area contributed by atoms with Crippen molar-refractivity contribution in [3.8, 4) is 22.4 Å². The van der Waals surface area contributed by atoms with E-state index in [-0.39, 0.29) is 0 Å². The van der Waals surface area contributed by atoms with Gasteiger partial charge in [0.25, 0.3) is 0 Å². The van der Waals surface area contributed by atoms with Crippen LogP contribution >= 0.6 is 0 Å². The molecule has 36 heavy (non-hydrogen) atoms. The number of hydrogen-bond donors (Lipinski definition) is 0. The third-order valence-corrected chi connectivity index (χ3v) is 7.66. The molecule has 6 nitrogen and oxygen atoms in total. The predicted octanol–water partition coefficient (Wildman–Crippen LogP) is 6.54. The highest BCUT2D eigenvalue weighted by Crippen LogP contribution is 2.39. The highest BCUT2D eigenvalue weighted by Gasteiger charge is 2.19. The van der Waals surface area contributed by atoms with Gasteiger partial charge >= 0.3 is 0 Å². The summed E-state index contributed by atoms with van der Waals surface area (Å²) in [6.45, 7) is 10.7. The van der Waals surface area contributed by atoms with Gasteiger partial charge in [-0.15, -0.1) is 0 Å². The molecule has 1 unspecified atom stereocenters. The Morgan fingerprint density at radius 1 is 0.944 bits per heavy atom. The molecule has 1 aliphatic rings. The standard InChI is InChI=1S/C30H30N6/c1-31-25-9-6-22(7-10-25)29-26-13-16-36(20-21-5-4-14-34(2)15-12-21)28(26)19-32-30(29)23-8-11-27-24(17-23)18-33-35(27)3/h6-11,13,16-19,21H,4-5,12,14-15,20H2,2-3H3. The fraction of sp³-hybridized carbons (Fsp3) is 0.300. The monoisotopic (exact) mass is 474 g/mol. The van der Waals surface area contributed by atoms with E-state index >= 15 is 0 Å². The Labute approximate surface area is 211 Å². The lowest BCUT2D eigenvalue weighted by molar-refractivity contribution is 0.335. The number of aryl methyl sites for hydroxylation is 1. The maximum absolute atomic E-state index is 7.36. The van der Waals surface area contributed by atoms with Crippen LogP contribution in [0.1, 0.15) is 19.3 Å². The van der Waals surface area contributed by atoms with E-state index in [2.05, 4.69) is 69.1 Å². The number of hydrogen-bond acceptors (Lipinski definition) is 3. The second kappa shape index (κ2) is 9.25. The molecule has 0 amide bonds. The van der Waals surface area contributed by atoms with Gasteiger partial charge in [0.05, 0.1) is 35.7 Å². The largest absolute Gasteiger partial charge is 0.346 e. The van der Waals surface area contributed by atoms with E-state index in [0.29, 0.717) is 11.6 Å². The Bertz CT molecular complexity index is 1580. The quantitative estimate of drug-likeness (QED) is 0.278. The highest BCUT2D eigenvalue weighted by atomic mass is 15.2. The van der Waals surface area contributed by atoms with E-state index in [1.54, 1.807) is 0 Å². The Kier molecular flexibility index (Phi) is 5.79. The molecule has 2 aromatic carbocycles. The molecular weight excluding hydrogens is 444 g/mol. The molecule has 6 heteroatoms. The van der Waals surface area contributed by atoms with Gasteiger partial charge in [-0.05, 0) is 69.1 Å². The highest BCUT2D eigenvalue weighted by molar-refractivity contribution is 6.02. The number of aromatic nitrogens is 4.